The van der Waals surface area contributed by atoms with E-state index in [1.165, 1.54) is 19.4 Å². The summed E-state index contributed by atoms with van der Waals surface area (Å²) in [5.41, 5.74) is 0. The predicted octanol–water partition coefficient (Wildman–Crippen LogP) is 0.852. The van der Waals surface area contributed by atoms with Crippen LogP contribution in [-0.2, 0) is 0 Å². The van der Waals surface area contributed by atoms with Gasteiger partial charge < -0.3 is 10.4 Å². The van der Waals surface area contributed by atoms with Gasteiger partial charge in [0.05, 0.1) is 6.61 Å². The van der Waals surface area contributed by atoms with Crippen LogP contribution in [0.5, 0.6) is 0 Å². The highest BCUT2D eigenvalue weighted by atomic mass is 32.2. The van der Waals surface area contributed by atoms with Crippen molar-refractivity contribution in [1.29, 1.82) is 0 Å². The summed E-state index contributed by atoms with van der Waals surface area (Å²) in [5.74, 6) is 1.15. The van der Waals surface area contributed by atoms with Crippen LogP contribution in [0.2, 0.25) is 0 Å². The summed E-state index contributed by atoms with van der Waals surface area (Å²) >= 11 is 1.86. The van der Waals surface area contributed by atoms with Gasteiger partial charge in [-0.1, -0.05) is 6.92 Å². The molecule has 3 heteroatoms. The van der Waals surface area contributed by atoms with Crippen LogP contribution < -0.4 is 5.32 Å². The Morgan fingerprint density at radius 1 is 1.73 bits per heavy atom. The molecule has 0 aliphatic carbocycles. The summed E-state index contributed by atoms with van der Waals surface area (Å²) in [6, 6.07) is 0.703. The molecule has 1 fully saturated rings. The van der Waals surface area contributed by atoms with Crippen LogP contribution in [0.25, 0.3) is 0 Å². The molecule has 1 aliphatic heterocycles. The minimum absolute atomic E-state index is 0.303. The Morgan fingerprint density at radius 2 is 2.55 bits per heavy atom. The van der Waals surface area contributed by atoms with Gasteiger partial charge in [-0.3, -0.25) is 0 Å². The minimum atomic E-state index is 0.303. The van der Waals surface area contributed by atoms with Crippen molar-refractivity contribution in [1.82, 2.24) is 5.32 Å². The summed E-state index contributed by atoms with van der Waals surface area (Å²) < 4.78 is 0. The molecule has 0 spiro atoms. The van der Waals surface area contributed by atoms with Crippen molar-refractivity contribution in [3.8, 4) is 0 Å². The zero-order valence-electron chi connectivity index (χ0n) is 7.05. The topological polar surface area (TPSA) is 32.3 Å². The molecule has 11 heavy (non-hydrogen) atoms. The molecule has 0 aromatic carbocycles. The fourth-order valence-electron chi connectivity index (χ4n) is 1.23. The van der Waals surface area contributed by atoms with Gasteiger partial charge in [0.15, 0.2) is 0 Å². The average Bonchev–Trinajstić information content (AvgIpc) is 2.52. The Bertz CT molecular complexity index is 104. The summed E-state index contributed by atoms with van der Waals surface area (Å²) in [4.78, 5) is 0. The van der Waals surface area contributed by atoms with Crippen molar-refractivity contribution in [2.75, 3.05) is 18.9 Å². The maximum absolute atomic E-state index is 8.77. The maximum Gasteiger partial charge on any atom is 0.0547 e. The second kappa shape index (κ2) is 5.01. The summed E-state index contributed by atoms with van der Waals surface area (Å²) in [6.07, 6.45) is 2.63. The molecule has 1 heterocycles. The number of aliphatic hydroxyl groups is 1. The molecule has 1 rings (SSSR count). The zero-order valence-corrected chi connectivity index (χ0v) is 7.86. The molecule has 2 atom stereocenters. The lowest BCUT2D eigenvalue weighted by atomic mass is 10.3. The fraction of sp³-hybridized carbons (Fsp3) is 1.00. The van der Waals surface area contributed by atoms with Crippen LogP contribution in [-0.4, -0.2) is 35.3 Å². The number of hydrogen-bond acceptors (Lipinski definition) is 3. The number of thioether (sulfide) groups is 1. The van der Waals surface area contributed by atoms with Crippen LogP contribution >= 0.6 is 11.8 Å². The smallest absolute Gasteiger partial charge is 0.0547 e. The van der Waals surface area contributed by atoms with Crippen molar-refractivity contribution in [2.45, 2.75) is 31.1 Å². The number of aliphatic hydroxyl groups excluding tert-OH is 1. The number of rotatable bonds is 4. The third-order valence-electron chi connectivity index (χ3n) is 2.00. The SMILES string of the molecule is CC(CO)SC[C@@H]1CCCN1. The van der Waals surface area contributed by atoms with E-state index in [9.17, 15) is 0 Å². The quantitative estimate of drug-likeness (QED) is 0.664. The van der Waals surface area contributed by atoms with Crippen molar-refractivity contribution >= 4 is 11.8 Å². The molecule has 2 nitrogen and oxygen atoms in total. The Hall–Kier alpha value is 0.270. The van der Waals surface area contributed by atoms with E-state index in [-0.39, 0.29) is 0 Å². The second-order valence-electron chi connectivity index (χ2n) is 3.12. The molecule has 1 saturated heterocycles. The monoisotopic (exact) mass is 175 g/mol. The molecule has 0 radical (unpaired) electrons. The van der Waals surface area contributed by atoms with Crippen LogP contribution in [0.4, 0.5) is 0 Å². The highest BCUT2D eigenvalue weighted by molar-refractivity contribution is 7.99. The van der Waals surface area contributed by atoms with Crippen LogP contribution in [0.15, 0.2) is 0 Å². The maximum atomic E-state index is 8.77. The molecule has 1 aliphatic rings. The van der Waals surface area contributed by atoms with Gasteiger partial charge in [-0.05, 0) is 19.4 Å². The van der Waals surface area contributed by atoms with Gasteiger partial charge in [-0.25, -0.2) is 0 Å². The first-order valence-corrected chi connectivity index (χ1v) is 5.33. The van der Waals surface area contributed by atoms with Gasteiger partial charge in [-0.2, -0.15) is 11.8 Å². The molecule has 0 aromatic heterocycles. The summed E-state index contributed by atoms with van der Waals surface area (Å²) in [5, 5.41) is 12.6. The summed E-state index contributed by atoms with van der Waals surface area (Å²) in [6.45, 7) is 3.55. The molecular formula is C8H17NOS. The first-order valence-electron chi connectivity index (χ1n) is 4.28. The van der Waals surface area contributed by atoms with E-state index in [4.69, 9.17) is 5.11 Å². The van der Waals surface area contributed by atoms with Gasteiger partial charge in [0.25, 0.3) is 0 Å². The molecule has 0 aromatic rings. The molecule has 0 saturated carbocycles. The lowest BCUT2D eigenvalue weighted by molar-refractivity contribution is 0.300. The third-order valence-corrected chi connectivity index (χ3v) is 3.31. The van der Waals surface area contributed by atoms with E-state index in [2.05, 4.69) is 12.2 Å². The van der Waals surface area contributed by atoms with Gasteiger partial charge >= 0.3 is 0 Å². The Morgan fingerprint density at radius 3 is 3.09 bits per heavy atom. The van der Waals surface area contributed by atoms with Crippen molar-refractivity contribution < 1.29 is 5.11 Å². The highest BCUT2D eigenvalue weighted by Gasteiger charge is 2.14. The highest BCUT2D eigenvalue weighted by Crippen LogP contribution is 2.15. The lowest BCUT2D eigenvalue weighted by Gasteiger charge is -2.12. The van der Waals surface area contributed by atoms with Crippen molar-refractivity contribution in [3.05, 3.63) is 0 Å². The van der Waals surface area contributed by atoms with E-state index < -0.39 is 0 Å². The number of hydrogen-bond donors (Lipinski definition) is 2. The molecule has 0 amide bonds. The first-order chi connectivity index (χ1) is 5.33. The molecule has 2 N–H and O–H groups in total. The third kappa shape index (κ3) is 3.45. The summed E-state index contributed by atoms with van der Waals surface area (Å²) in [7, 11) is 0. The van der Waals surface area contributed by atoms with Crippen molar-refractivity contribution in [2.24, 2.45) is 0 Å². The standard InChI is InChI=1S/C8H17NOS/c1-7(5-10)11-6-8-3-2-4-9-8/h7-10H,2-6H2,1H3/t7?,8-/m0/s1. The average molecular weight is 175 g/mol. The van der Waals surface area contributed by atoms with Gasteiger partial charge in [-0.15, -0.1) is 0 Å². The number of nitrogens with one attached hydrogen (secondary N) is 1. The predicted molar refractivity (Wildman–Crippen MR) is 50.0 cm³/mol. The zero-order chi connectivity index (χ0) is 8.10. The van der Waals surface area contributed by atoms with E-state index in [0.29, 0.717) is 17.9 Å². The fourth-order valence-corrected chi connectivity index (χ4v) is 2.18. The largest absolute Gasteiger partial charge is 0.395 e. The van der Waals surface area contributed by atoms with Crippen LogP contribution in [0, 0.1) is 0 Å². The van der Waals surface area contributed by atoms with Crippen LogP contribution in [0.1, 0.15) is 19.8 Å². The van der Waals surface area contributed by atoms with Gasteiger partial charge in [0, 0.05) is 17.0 Å². The first kappa shape index (κ1) is 9.36. The van der Waals surface area contributed by atoms with E-state index in [1.807, 2.05) is 11.8 Å². The molecular weight excluding hydrogens is 158 g/mol. The second-order valence-corrected chi connectivity index (χ2v) is 4.59. The normalized spacial score (nSPS) is 27.3. The lowest BCUT2D eigenvalue weighted by Crippen LogP contribution is -2.24. The molecule has 66 valence electrons. The van der Waals surface area contributed by atoms with Gasteiger partial charge in [0.2, 0.25) is 0 Å². The molecule has 1 unspecified atom stereocenters. The minimum Gasteiger partial charge on any atom is -0.395 e. The Balaban J connectivity index is 2.01. The molecule has 0 bridgehead atoms. The van der Waals surface area contributed by atoms with E-state index in [0.717, 1.165) is 5.75 Å². The van der Waals surface area contributed by atoms with E-state index in [1.54, 1.807) is 0 Å². The Kier molecular flexibility index (Phi) is 4.26. The van der Waals surface area contributed by atoms with Crippen LogP contribution in [0.3, 0.4) is 0 Å². The Labute approximate surface area is 72.8 Å². The van der Waals surface area contributed by atoms with E-state index >= 15 is 0 Å². The van der Waals surface area contributed by atoms with Crippen molar-refractivity contribution in [3.63, 3.8) is 0 Å². The van der Waals surface area contributed by atoms with Gasteiger partial charge in [0.1, 0.15) is 0 Å².